The molecule has 1 atom stereocenters. The van der Waals surface area contributed by atoms with Crippen molar-refractivity contribution in [2.24, 2.45) is 5.73 Å². The van der Waals surface area contributed by atoms with Gasteiger partial charge in [0.15, 0.2) is 0 Å². The normalized spacial score (nSPS) is 12.2. The third kappa shape index (κ3) is 3.32. The predicted molar refractivity (Wildman–Crippen MR) is 57.5 cm³/mol. The van der Waals surface area contributed by atoms with E-state index in [2.05, 4.69) is 9.72 Å². The molecule has 1 unspecified atom stereocenters. The Labute approximate surface area is 89.5 Å². The minimum Gasteiger partial charge on any atom is -0.464 e. The third-order valence-corrected chi connectivity index (χ3v) is 2.20. The summed E-state index contributed by atoms with van der Waals surface area (Å²) >= 11 is 0. The SMILES string of the molecule is CCC(N)Cc1cccc(C(=O)OC)n1. The summed E-state index contributed by atoms with van der Waals surface area (Å²) in [6.07, 6.45) is 1.57. The van der Waals surface area contributed by atoms with E-state index in [0.717, 1.165) is 12.1 Å². The first-order valence-corrected chi connectivity index (χ1v) is 4.97. The Kier molecular flexibility index (Phi) is 4.24. The lowest BCUT2D eigenvalue weighted by molar-refractivity contribution is 0.0593. The fourth-order valence-electron chi connectivity index (χ4n) is 1.22. The first-order valence-electron chi connectivity index (χ1n) is 4.97. The highest BCUT2D eigenvalue weighted by atomic mass is 16.5. The van der Waals surface area contributed by atoms with Gasteiger partial charge in [-0.3, -0.25) is 0 Å². The monoisotopic (exact) mass is 208 g/mol. The van der Waals surface area contributed by atoms with E-state index in [4.69, 9.17) is 5.73 Å². The molecule has 4 nitrogen and oxygen atoms in total. The molecule has 0 radical (unpaired) electrons. The van der Waals surface area contributed by atoms with Crippen LogP contribution in [0.5, 0.6) is 0 Å². The Morgan fingerprint density at radius 1 is 1.60 bits per heavy atom. The molecule has 1 aromatic rings. The highest BCUT2D eigenvalue weighted by Gasteiger charge is 2.08. The molecule has 0 aliphatic rings. The molecular formula is C11H16N2O2. The molecule has 2 N–H and O–H groups in total. The van der Waals surface area contributed by atoms with Crippen LogP contribution in [0.15, 0.2) is 18.2 Å². The Morgan fingerprint density at radius 3 is 2.93 bits per heavy atom. The lowest BCUT2D eigenvalue weighted by Crippen LogP contribution is -2.22. The second-order valence-electron chi connectivity index (χ2n) is 3.38. The van der Waals surface area contributed by atoms with Gasteiger partial charge < -0.3 is 10.5 Å². The van der Waals surface area contributed by atoms with Gasteiger partial charge in [-0.15, -0.1) is 0 Å². The molecular weight excluding hydrogens is 192 g/mol. The molecule has 0 aromatic carbocycles. The zero-order valence-corrected chi connectivity index (χ0v) is 9.06. The Hall–Kier alpha value is -1.42. The van der Waals surface area contributed by atoms with E-state index in [1.807, 2.05) is 13.0 Å². The van der Waals surface area contributed by atoms with Gasteiger partial charge in [-0.2, -0.15) is 0 Å². The van der Waals surface area contributed by atoms with Crippen molar-refractivity contribution in [3.8, 4) is 0 Å². The fourth-order valence-corrected chi connectivity index (χ4v) is 1.22. The summed E-state index contributed by atoms with van der Waals surface area (Å²) in [5, 5.41) is 0. The molecule has 0 spiro atoms. The average molecular weight is 208 g/mol. The van der Waals surface area contributed by atoms with Crippen molar-refractivity contribution in [3.05, 3.63) is 29.6 Å². The Bertz CT molecular complexity index is 339. The van der Waals surface area contributed by atoms with Gasteiger partial charge in [0, 0.05) is 18.2 Å². The Balaban J connectivity index is 2.78. The van der Waals surface area contributed by atoms with Crippen LogP contribution in [-0.2, 0) is 11.2 Å². The van der Waals surface area contributed by atoms with E-state index in [1.165, 1.54) is 7.11 Å². The minimum absolute atomic E-state index is 0.0883. The largest absolute Gasteiger partial charge is 0.464 e. The number of carbonyl (C=O) groups excluding carboxylic acids is 1. The number of carbonyl (C=O) groups is 1. The molecule has 0 bridgehead atoms. The molecule has 1 rings (SSSR count). The number of methoxy groups -OCH3 is 1. The van der Waals surface area contributed by atoms with E-state index >= 15 is 0 Å². The zero-order chi connectivity index (χ0) is 11.3. The first kappa shape index (κ1) is 11.7. The maximum Gasteiger partial charge on any atom is 0.356 e. The maximum atomic E-state index is 11.2. The lowest BCUT2D eigenvalue weighted by atomic mass is 10.1. The number of ether oxygens (including phenoxy) is 1. The van der Waals surface area contributed by atoms with Crippen LogP contribution < -0.4 is 5.73 Å². The van der Waals surface area contributed by atoms with Crippen molar-refractivity contribution >= 4 is 5.97 Å². The van der Waals surface area contributed by atoms with E-state index in [-0.39, 0.29) is 6.04 Å². The highest BCUT2D eigenvalue weighted by molar-refractivity contribution is 5.87. The van der Waals surface area contributed by atoms with Gasteiger partial charge in [0.25, 0.3) is 0 Å². The molecule has 0 saturated heterocycles. The summed E-state index contributed by atoms with van der Waals surface area (Å²) in [6, 6.07) is 5.37. The van der Waals surface area contributed by atoms with E-state index in [9.17, 15) is 4.79 Å². The molecule has 0 fully saturated rings. The van der Waals surface area contributed by atoms with Gasteiger partial charge in [0.2, 0.25) is 0 Å². The predicted octanol–water partition coefficient (Wildman–Crippen LogP) is 1.15. The molecule has 1 aromatic heterocycles. The van der Waals surface area contributed by atoms with Crippen molar-refractivity contribution in [1.29, 1.82) is 0 Å². The van der Waals surface area contributed by atoms with Crippen LogP contribution in [0.2, 0.25) is 0 Å². The van der Waals surface area contributed by atoms with Gasteiger partial charge in [-0.05, 0) is 18.6 Å². The molecule has 1 heterocycles. The molecule has 0 aliphatic heterocycles. The number of nitrogens with zero attached hydrogens (tertiary/aromatic N) is 1. The van der Waals surface area contributed by atoms with Crippen LogP contribution in [-0.4, -0.2) is 24.1 Å². The topological polar surface area (TPSA) is 65.2 Å². The number of hydrogen-bond donors (Lipinski definition) is 1. The fraction of sp³-hybridized carbons (Fsp3) is 0.455. The standard InChI is InChI=1S/C11H16N2O2/c1-3-8(12)7-9-5-4-6-10(13-9)11(14)15-2/h4-6,8H,3,7,12H2,1-2H3. The smallest absolute Gasteiger partial charge is 0.356 e. The summed E-state index contributed by atoms with van der Waals surface area (Å²) in [6.45, 7) is 2.02. The summed E-state index contributed by atoms with van der Waals surface area (Å²) in [4.78, 5) is 15.4. The Morgan fingerprint density at radius 2 is 2.33 bits per heavy atom. The summed E-state index contributed by atoms with van der Waals surface area (Å²) in [7, 11) is 1.34. The van der Waals surface area contributed by atoms with Gasteiger partial charge in [0.05, 0.1) is 7.11 Å². The quantitative estimate of drug-likeness (QED) is 0.754. The van der Waals surface area contributed by atoms with Crippen molar-refractivity contribution in [3.63, 3.8) is 0 Å². The van der Waals surface area contributed by atoms with Crippen LogP contribution in [0.3, 0.4) is 0 Å². The van der Waals surface area contributed by atoms with Gasteiger partial charge >= 0.3 is 5.97 Å². The number of esters is 1. The number of nitrogens with two attached hydrogens (primary N) is 1. The second kappa shape index (κ2) is 5.46. The lowest BCUT2D eigenvalue weighted by Gasteiger charge is -2.08. The first-order chi connectivity index (χ1) is 7.17. The van der Waals surface area contributed by atoms with E-state index < -0.39 is 5.97 Å². The summed E-state index contributed by atoms with van der Waals surface area (Å²) in [5.74, 6) is -0.415. The number of pyridine rings is 1. The van der Waals surface area contributed by atoms with Crippen LogP contribution >= 0.6 is 0 Å². The molecule has 0 saturated carbocycles. The second-order valence-corrected chi connectivity index (χ2v) is 3.38. The van der Waals surface area contributed by atoms with Gasteiger partial charge in [0.1, 0.15) is 5.69 Å². The number of aromatic nitrogens is 1. The van der Waals surface area contributed by atoms with Gasteiger partial charge in [-0.25, -0.2) is 9.78 Å². The molecule has 0 amide bonds. The van der Waals surface area contributed by atoms with E-state index in [1.54, 1.807) is 12.1 Å². The third-order valence-electron chi connectivity index (χ3n) is 2.20. The molecule has 15 heavy (non-hydrogen) atoms. The molecule has 0 aliphatic carbocycles. The number of rotatable bonds is 4. The maximum absolute atomic E-state index is 11.2. The van der Waals surface area contributed by atoms with Crippen molar-refractivity contribution in [2.75, 3.05) is 7.11 Å². The highest BCUT2D eigenvalue weighted by Crippen LogP contribution is 2.04. The van der Waals surface area contributed by atoms with Gasteiger partial charge in [-0.1, -0.05) is 13.0 Å². The minimum atomic E-state index is -0.415. The number of hydrogen-bond acceptors (Lipinski definition) is 4. The molecule has 4 heteroatoms. The van der Waals surface area contributed by atoms with Crippen molar-refractivity contribution in [1.82, 2.24) is 4.98 Å². The van der Waals surface area contributed by atoms with Crippen LogP contribution in [0.1, 0.15) is 29.5 Å². The van der Waals surface area contributed by atoms with E-state index in [0.29, 0.717) is 12.1 Å². The van der Waals surface area contributed by atoms with Crippen LogP contribution in [0.4, 0.5) is 0 Å². The van der Waals surface area contributed by atoms with Crippen LogP contribution in [0.25, 0.3) is 0 Å². The zero-order valence-electron chi connectivity index (χ0n) is 9.06. The summed E-state index contributed by atoms with van der Waals surface area (Å²) < 4.78 is 4.59. The average Bonchev–Trinajstić information content (AvgIpc) is 2.28. The summed E-state index contributed by atoms with van der Waals surface area (Å²) in [5.41, 5.74) is 6.97. The van der Waals surface area contributed by atoms with Crippen molar-refractivity contribution < 1.29 is 9.53 Å². The van der Waals surface area contributed by atoms with Crippen LogP contribution in [0, 0.1) is 0 Å². The van der Waals surface area contributed by atoms with Crippen molar-refractivity contribution in [2.45, 2.75) is 25.8 Å². The molecule has 82 valence electrons.